The van der Waals surface area contributed by atoms with Crippen LogP contribution in [0.4, 0.5) is 0 Å². The summed E-state index contributed by atoms with van der Waals surface area (Å²) in [5, 5.41) is 7.08. The molecular formula is C112H93N21. The highest BCUT2D eigenvalue weighted by molar-refractivity contribution is 6.14. The third-order valence-corrected chi connectivity index (χ3v) is 24.0. The quantitative estimate of drug-likeness (QED) is 0.104. The summed E-state index contributed by atoms with van der Waals surface area (Å²) in [6, 6.07) is 97.6. The minimum Gasteiger partial charge on any atom is -0.309 e. The maximum Gasteiger partial charge on any atom is 0.165 e. The average molecular weight is 1730 g/mol. The molecule has 0 aliphatic heterocycles. The molecule has 0 unspecified atom stereocenters. The van der Waals surface area contributed by atoms with E-state index in [1.54, 1.807) is 0 Å². The molecule has 0 spiro atoms. The Bertz CT molecular complexity index is 8150. The molecule has 0 saturated heterocycles. The molecule has 0 saturated carbocycles. The van der Waals surface area contributed by atoms with Gasteiger partial charge in [-0.25, -0.2) is 89.7 Å². The minimum atomic E-state index is 0.601. The van der Waals surface area contributed by atoms with Crippen molar-refractivity contribution in [2.45, 2.75) is 111 Å². The molecule has 21 heteroatoms. The third-order valence-electron chi connectivity index (χ3n) is 24.0. The Balaban J connectivity index is 0.000000125. The second-order valence-electron chi connectivity index (χ2n) is 34.1. The van der Waals surface area contributed by atoms with Crippen molar-refractivity contribution in [3.05, 3.63) is 365 Å². The summed E-state index contributed by atoms with van der Waals surface area (Å²) in [6.07, 6.45) is 0. The Kier molecular flexibility index (Phi) is 22.1. The second kappa shape index (κ2) is 34.7. The van der Waals surface area contributed by atoms with Crippen molar-refractivity contribution >= 4 is 65.4 Å². The van der Waals surface area contributed by atoms with Crippen LogP contribution < -0.4 is 0 Å². The molecule has 0 N–H and O–H groups in total. The van der Waals surface area contributed by atoms with Gasteiger partial charge in [0.25, 0.3) is 0 Å². The van der Waals surface area contributed by atoms with Crippen molar-refractivity contribution in [2.24, 2.45) is 0 Å². The summed E-state index contributed by atoms with van der Waals surface area (Å²) in [6.45, 7) is 31.2. The van der Waals surface area contributed by atoms with Crippen molar-refractivity contribution < 1.29 is 0 Å². The number of para-hydroxylation sites is 2. The van der Waals surface area contributed by atoms with Crippen LogP contribution in [0.1, 0.15) is 92.1 Å². The molecular weight excluding hydrogens is 1640 g/mol. The molecule has 13 aromatic carbocycles. The maximum absolute atomic E-state index is 4.86. The van der Waals surface area contributed by atoms with Gasteiger partial charge >= 0.3 is 0 Å². The molecule has 0 amide bonds. The first-order valence-corrected chi connectivity index (χ1v) is 44.4. The number of aromatic nitrogens is 21. The number of fused-ring (bicyclic) bond motifs is 9. The normalized spacial score (nSPS) is 11.5. The second-order valence-corrected chi connectivity index (χ2v) is 34.1. The van der Waals surface area contributed by atoms with Crippen molar-refractivity contribution in [3.8, 4) is 130 Å². The fourth-order valence-corrected chi connectivity index (χ4v) is 18.0. The first-order chi connectivity index (χ1) is 64.4. The van der Waals surface area contributed by atoms with Crippen LogP contribution in [-0.4, -0.2) is 103 Å². The van der Waals surface area contributed by atoms with Gasteiger partial charge in [0.15, 0.2) is 34.9 Å². The number of hydrogen-bond acceptors (Lipinski definition) is 18. The summed E-state index contributed by atoms with van der Waals surface area (Å²) in [4.78, 5) is 83.3. The van der Waals surface area contributed by atoms with Crippen LogP contribution >= 0.6 is 0 Å². The van der Waals surface area contributed by atoms with Crippen LogP contribution in [-0.2, 0) is 0 Å². The summed E-state index contributed by atoms with van der Waals surface area (Å²) in [5.74, 6) is 11.8. The van der Waals surface area contributed by atoms with Gasteiger partial charge in [0.2, 0.25) is 0 Å². The smallest absolute Gasteiger partial charge is 0.165 e. The highest BCUT2D eigenvalue weighted by atomic mass is 15.1. The number of nitrogens with zero attached hydrogens (tertiary/aromatic N) is 21. The van der Waals surface area contributed by atoms with Gasteiger partial charge in [-0.1, -0.05) is 198 Å². The summed E-state index contributed by atoms with van der Waals surface area (Å²) in [5.41, 5.74) is 29.1. The van der Waals surface area contributed by atoms with Crippen LogP contribution in [0.3, 0.4) is 0 Å². The van der Waals surface area contributed by atoms with E-state index >= 15 is 0 Å². The van der Waals surface area contributed by atoms with E-state index in [0.29, 0.717) is 105 Å². The molecule has 0 aliphatic carbocycles. The number of rotatable bonds is 13. The molecule has 0 aliphatic rings. The van der Waals surface area contributed by atoms with Gasteiger partial charge in [0.05, 0.1) is 50.2 Å². The Labute approximate surface area is 769 Å². The van der Waals surface area contributed by atoms with Crippen LogP contribution in [0, 0.1) is 111 Å². The van der Waals surface area contributed by atoms with Crippen molar-refractivity contribution in [3.63, 3.8) is 0 Å². The van der Waals surface area contributed by atoms with Crippen LogP contribution in [0.2, 0.25) is 0 Å². The molecule has 22 rings (SSSR count). The predicted molar refractivity (Wildman–Crippen MR) is 533 cm³/mol. The monoisotopic (exact) mass is 1730 g/mol. The summed E-state index contributed by atoms with van der Waals surface area (Å²) < 4.78 is 6.98. The fraction of sp³-hybridized carbons (Fsp3) is 0.143. The average Bonchev–Trinajstić information content (AvgIpc) is 1.58. The predicted octanol–water partition coefficient (Wildman–Crippen LogP) is 25.1. The van der Waals surface area contributed by atoms with Gasteiger partial charge in [-0.2, -0.15) is 0 Å². The van der Waals surface area contributed by atoms with Crippen molar-refractivity contribution in [1.82, 2.24) is 103 Å². The Morgan fingerprint density at radius 1 is 0.143 bits per heavy atom. The van der Waals surface area contributed by atoms with E-state index in [9.17, 15) is 0 Å². The molecule has 22 aromatic rings. The zero-order chi connectivity index (χ0) is 91.7. The first kappa shape index (κ1) is 84.5. The minimum absolute atomic E-state index is 0.601. The number of hydrogen-bond donors (Lipinski definition) is 0. The van der Waals surface area contributed by atoms with Gasteiger partial charge in [-0.05, 0) is 252 Å². The van der Waals surface area contributed by atoms with Gasteiger partial charge in [-0.15, -0.1) is 0 Å². The highest BCUT2D eigenvalue weighted by Gasteiger charge is 2.26. The highest BCUT2D eigenvalue weighted by Crippen LogP contribution is 2.45. The zero-order valence-electron chi connectivity index (χ0n) is 76.9. The van der Waals surface area contributed by atoms with Gasteiger partial charge in [0.1, 0.15) is 69.9 Å². The third kappa shape index (κ3) is 16.9. The molecule has 21 nitrogen and oxygen atoms in total. The van der Waals surface area contributed by atoms with Crippen LogP contribution in [0.15, 0.2) is 273 Å². The topological polar surface area (TPSA) is 247 Å². The molecule has 646 valence electrons. The van der Waals surface area contributed by atoms with Crippen LogP contribution in [0.5, 0.6) is 0 Å². The maximum atomic E-state index is 4.86. The number of aryl methyl sites for hydroxylation is 16. The molecule has 133 heavy (non-hydrogen) atoms. The van der Waals surface area contributed by atoms with Crippen LogP contribution in [0.25, 0.3) is 195 Å². The number of benzene rings is 13. The summed E-state index contributed by atoms with van der Waals surface area (Å²) in [7, 11) is 0. The molecule has 9 aromatic heterocycles. The van der Waals surface area contributed by atoms with E-state index in [1.807, 2.05) is 83.1 Å². The van der Waals surface area contributed by atoms with E-state index in [0.717, 1.165) is 100 Å². The lowest BCUT2D eigenvalue weighted by atomic mass is 10.0. The van der Waals surface area contributed by atoms with E-state index in [2.05, 4.69) is 374 Å². The van der Waals surface area contributed by atoms with Gasteiger partial charge < -0.3 is 13.7 Å². The standard InChI is InChI=1S/C42H35N7.2C35H29N7/c1-24-7-11-30(12-8-24)32-15-18-35-36-19-16-33(31-13-9-25(2)10-14-31)23-40(36)49(39(35)22-32)38-20-17-34(41-45-26(3)43-27(4)46-41)21-37(38)42-47-28(5)44-29(6)48-42;1-20-10-12-25(13-11-20)26-14-16-29-28-8-6-7-9-31(28)42(33(29)19-26)32-17-15-27(34-38-21(2)36-22(3)39-34)18-30(32)35-40-23(4)37-24(5)41-35;1-20-10-12-25(13-11-20)26-14-16-32-29(18-26)28-8-6-7-9-31(28)42(32)33-17-15-27(34-38-21(2)36-22(3)39-34)19-30(33)35-40-23(4)37-24(5)41-35/h7-23H,1-6H3;2*6-19H,1-5H3. The molecule has 0 bridgehead atoms. The molecule has 0 radical (unpaired) electrons. The summed E-state index contributed by atoms with van der Waals surface area (Å²) >= 11 is 0. The van der Waals surface area contributed by atoms with Gasteiger partial charge in [0, 0.05) is 65.7 Å². The van der Waals surface area contributed by atoms with E-state index in [4.69, 9.17) is 29.9 Å². The lowest BCUT2D eigenvalue weighted by Gasteiger charge is -2.16. The Hall–Kier alpha value is -16.7. The molecule has 0 atom stereocenters. The molecule has 9 heterocycles. The lowest BCUT2D eigenvalue weighted by Crippen LogP contribution is -2.05. The fourth-order valence-electron chi connectivity index (χ4n) is 18.0. The van der Waals surface area contributed by atoms with E-state index in [-0.39, 0.29) is 0 Å². The first-order valence-electron chi connectivity index (χ1n) is 44.4. The zero-order valence-corrected chi connectivity index (χ0v) is 76.9. The van der Waals surface area contributed by atoms with E-state index in [1.165, 1.54) is 82.4 Å². The lowest BCUT2D eigenvalue weighted by molar-refractivity contribution is 0.923. The largest absolute Gasteiger partial charge is 0.309 e. The van der Waals surface area contributed by atoms with Gasteiger partial charge in [-0.3, -0.25) is 0 Å². The van der Waals surface area contributed by atoms with Crippen molar-refractivity contribution in [1.29, 1.82) is 0 Å². The van der Waals surface area contributed by atoms with E-state index < -0.39 is 0 Å². The van der Waals surface area contributed by atoms with Crippen molar-refractivity contribution in [2.75, 3.05) is 0 Å². The Morgan fingerprint density at radius 2 is 0.346 bits per heavy atom. The Morgan fingerprint density at radius 3 is 0.632 bits per heavy atom. The molecule has 0 fully saturated rings. The SMILES string of the molecule is Cc1ccc(-c2ccc3c(c2)c2ccccc2n3-c2ccc(-c3nc(C)nc(C)n3)cc2-c2nc(C)nc(C)n2)cc1.Cc1ccc(-c2ccc3c4ccc(-c5ccc(C)cc5)cc4n(-c4ccc(-c5nc(C)nc(C)n5)cc4-c4nc(C)nc(C)n4)c3c2)cc1.Cc1ccc(-c2ccc3c4ccccc4n(-c4ccc(-c5nc(C)nc(C)n5)cc4-c4nc(C)nc(C)n4)c3c2)cc1.